The summed E-state index contributed by atoms with van der Waals surface area (Å²) in [7, 11) is 9.27. The van der Waals surface area contributed by atoms with E-state index in [4.69, 9.17) is 23.7 Å². The molecular weight excluding hydrogens is 392 g/mol. The molecule has 10 atom stereocenters. The van der Waals surface area contributed by atoms with Gasteiger partial charge in [0, 0.05) is 41.0 Å². The molecular formula is C26H46O5. The normalized spacial score (nSPS) is 50.4. The van der Waals surface area contributed by atoms with E-state index in [-0.39, 0.29) is 23.2 Å². The summed E-state index contributed by atoms with van der Waals surface area (Å²) in [5.74, 6) is 2.73. The lowest BCUT2D eigenvalue weighted by Gasteiger charge is -2.64. The summed E-state index contributed by atoms with van der Waals surface area (Å²) in [6.07, 6.45) is 10.3. The second-order valence-electron chi connectivity index (χ2n) is 11.4. The quantitative estimate of drug-likeness (QED) is 0.576. The van der Waals surface area contributed by atoms with Gasteiger partial charge in [-0.1, -0.05) is 13.8 Å². The van der Waals surface area contributed by atoms with E-state index in [1.54, 1.807) is 14.2 Å². The van der Waals surface area contributed by atoms with Crippen LogP contribution in [0.3, 0.4) is 0 Å². The van der Waals surface area contributed by atoms with E-state index < -0.39 is 0 Å². The molecule has 0 aromatic heterocycles. The number of ether oxygens (including phenoxy) is 5. The predicted octanol–water partition coefficient (Wildman–Crippen LogP) is 4.72. The fraction of sp³-hybridized carbons (Fsp3) is 1.00. The molecule has 4 saturated carbocycles. The van der Waals surface area contributed by atoms with Crippen LogP contribution in [0.1, 0.15) is 65.2 Å². The van der Waals surface area contributed by atoms with E-state index in [9.17, 15) is 0 Å². The molecule has 0 bridgehead atoms. The van der Waals surface area contributed by atoms with Crippen LogP contribution in [0.5, 0.6) is 0 Å². The third-order valence-electron chi connectivity index (χ3n) is 10.8. The minimum atomic E-state index is -0.324. The Hall–Kier alpha value is -0.200. The zero-order valence-electron chi connectivity index (χ0n) is 20.9. The van der Waals surface area contributed by atoms with Crippen molar-refractivity contribution in [2.75, 3.05) is 42.2 Å². The van der Waals surface area contributed by atoms with Crippen molar-refractivity contribution in [2.24, 2.45) is 34.5 Å². The zero-order chi connectivity index (χ0) is 22.4. The summed E-state index contributed by atoms with van der Waals surface area (Å²) in [6.45, 7) is 5.61. The van der Waals surface area contributed by atoms with Crippen molar-refractivity contribution < 1.29 is 23.7 Å². The second-order valence-corrected chi connectivity index (χ2v) is 11.4. The van der Waals surface area contributed by atoms with Gasteiger partial charge in [0.1, 0.15) is 11.7 Å². The molecule has 0 radical (unpaired) electrons. The first-order valence-corrected chi connectivity index (χ1v) is 12.5. The van der Waals surface area contributed by atoms with Crippen LogP contribution in [0.2, 0.25) is 0 Å². The van der Waals surface area contributed by atoms with Crippen LogP contribution in [-0.2, 0) is 23.7 Å². The maximum absolute atomic E-state index is 6.43. The van der Waals surface area contributed by atoms with Crippen molar-refractivity contribution in [1.82, 2.24) is 0 Å². The molecule has 4 fully saturated rings. The first-order valence-electron chi connectivity index (χ1n) is 12.5. The smallest absolute Gasteiger partial charge is 0.110 e. The lowest BCUT2D eigenvalue weighted by Crippen LogP contribution is -2.65. The average molecular weight is 439 g/mol. The number of hydrogen-bond donors (Lipinski definition) is 0. The molecule has 0 N–H and O–H groups in total. The summed E-state index contributed by atoms with van der Waals surface area (Å²) in [4.78, 5) is 0. The molecule has 31 heavy (non-hydrogen) atoms. The summed E-state index contributed by atoms with van der Waals surface area (Å²) in [6, 6.07) is 0. The maximum atomic E-state index is 6.43. The van der Waals surface area contributed by atoms with E-state index in [2.05, 4.69) is 13.8 Å². The molecule has 4 aliphatic carbocycles. The Morgan fingerprint density at radius 3 is 2.29 bits per heavy atom. The van der Waals surface area contributed by atoms with Crippen LogP contribution in [0.15, 0.2) is 0 Å². The monoisotopic (exact) mass is 438 g/mol. The number of methoxy groups -OCH3 is 5. The van der Waals surface area contributed by atoms with E-state index in [1.807, 2.05) is 21.3 Å². The van der Waals surface area contributed by atoms with E-state index in [1.165, 1.54) is 38.5 Å². The minimum absolute atomic E-state index is 0.0235. The molecule has 5 heteroatoms. The molecule has 180 valence electrons. The molecule has 0 saturated heterocycles. The van der Waals surface area contributed by atoms with Crippen LogP contribution < -0.4 is 0 Å². The first-order chi connectivity index (χ1) is 14.8. The van der Waals surface area contributed by atoms with Crippen LogP contribution in [0.4, 0.5) is 0 Å². The van der Waals surface area contributed by atoms with Gasteiger partial charge in [-0.15, -0.1) is 0 Å². The number of rotatable bonds is 7. The second kappa shape index (κ2) is 8.87. The lowest BCUT2D eigenvalue weighted by molar-refractivity contribution is -0.241. The standard InChI is InChI=1S/C26H46O5/c1-24-12-10-18(28-4)14-17(24)8-9-19-20-11-13-26(31-7,22(30-6)16-27-3)25(20,2)15-21(29-5)23(19)24/h17-23H,8-16H2,1-7H3/t17-,18-,19+,20+,21+,22?,23-,24+,25+,26-/m1/s1. The van der Waals surface area contributed by atoms with Crippen LogP contribution >= 0.6 is 0 Å². The fourth-order valence-electron chi connectivity index (χ4n) is 9.31. The highest BCUT2D eigenvalue weighted by atomic mass is 16.6. The Morgan fingerprint density at radius 2 is 1.68 bits per heavy atom. The average Bonchev–Trinajstić information content (AvgIpc) is 3.08. The van der Waals surface area contributed by atoms with E-state index >= 15 is 0 Å². The molecule has 4 aliphatic rings. The van der Waals surface area contributed by atoms with Gasteiger partial charge in [-0.3, -0.25) is 0 Å². The largest absolute Gasteiger partial charge is 0.382 e. The topological polar surface area (TPSA) is 46.2 Å². The molecule has 5 nitrogen and oxygen atoms in total. The summed E-state index contributed by atoms with van der Waals surface area (Å²) < 4.78 is 30.2. The predicted molar refractivity (Wildman–Crippen MR) is 121 cm³/mol. The minimum Gasteiger partial charge on any atom is -0.382 e. The zero-order valence-corrected chi connectivity index (χ0v) is 20.9. The molecule has 1 unspecified atom stereocenters. The molecule has 0 aromatic carbocycles. The highest BCUT2D eigenvalue weighted by Crippen LogP contribution is 2.69. The lowest BCUT2D eigenvalue weighted by atomic mass is 9.43. The van der Waals surface area contributed by atoms with Gasteiger partial charge in [0.15, 0.2) is 0 Å². The van der Waals surface area contributed by atoms with Crippen LogP contribution in [0, 0.1) is 34.5 Å². The van der Waals surface area contributed by atoms with Gasteiger partial charge in [-0.05, 0) is 80.5 Å². The summed E-state index contributed by atoms with van der Waals surface area (Å²) >= 11 is 0. The Morgan fingerprint density at radius 1 is 0.903 bits per heavy atom. The van der Waals surface area contributed by atoms with Gasteiger partial charge in [0.2, 0.25) is 0 Å². The molecule has 0 aromatic rings. The number of fused-ring (bicyclic) bond motifs is 5. The van der Waals surface area contributed by atoms with Crippen molar-refractivity contribution in [1.29, 1.82) is 0 Å². The molecule has 0 amide bonds. The van der Waals surface area contributed by atoms with Gasteiger partial charge in [0.05, 0.1) is 18.8 Å². The van der Waals surface area contributed by atoms with Crippen molar-refractivity contribution in [3.05, 3.63) is 0 Å². The summed E-state index contributed by atoms with van der Waals surface area (Å²) in [5, 5.41) is 0. The highest BCUT2D eigenvalue weighted by molar-refractivity contribution is 5.19. The Labute approximate surface area is 189 Å². The Kier molecular flexibility index (Phi) is 6.85. The van der Waals surface area contributed by atoms with E-state index in [0.717, 1.165) is 18.8 Å². The highest BCUT2D eigenvalue weighted by Gasteiger charge is 2.69. The summed E-state index contributed by atoms with van der Waals surface area (Å²) in [5.41, 5.74) is 0.0524. The maximum Gasteiger partial charge on any atom is 0.110 e. The molecule has 0 spiro atoms. The molecule has 0 heterocycles. The van der Waals surface area contributed by atoms with Crippen molar-refractivity contribution in [3.63, 3.8) is 0 Å². The molecule has 0 aliphatic heterocycles. The molecule has 4 rings (SSSR count). The van der Waals surface area contributed by atoms with Crippen LogP contribution in [0.25, 0.3) is 0 Å². The number of hydrogen-bond acceptors (Lipinski definition) is 5. The Bertz CT molecular complexity index is 627. The van der Waals surface area contributed by atoms with Crippen molar-refractivity contribution in [3.8, 4) is 0 Å². The van der Waals surface area contributed by atoms with Gasteiger partial charge in [-0.25, -0.2) is 0 Å². The van der Waals surface area contributed by atoms with Crippen molar-refractivity contribution in [2.45, 2.75) is 89.1 Å². The van der Waals surface area contributed by atoms with Gasteiger partial charge in [-0.2, -0.15) is 0 Å². The Balaban J connectivity index is 1.69. The first kappa shape index (κ1) is 23.9. The third kappa shape index (κ3) is 3.36. The SMILES string of the molecule is COCC(OC)[C@]1(OC)CC[C@H]2[C@@H]3CC[C@@H]4C[C@H](OC)CC[C@]4(C)[C@H]3[C@@H](OC)C[C@@]21C. The van der Waals surface area contributed by atoms with Gasteiger partial charge >= 0.3 is 0 Å². The van der Waals surface area contributed by atoms with Crippen LogP contribution in [-0.4, -0.2) is 66.1 Å². The van der Waals surface area contributed by atoms with Crippen molar-refractivity contribution >= 4 is 0 Å². The fourth-order valence-corrected chi connectivity index (χ4v) is 9.31. The van der Waals surface area contributed by atoms with Gasteiger partial charge < -0.3 is 23.7 Å². The third-order valence-corrected chi connectivity index (χ3v) is 10.8. The van der Waals surface area contributed by atoms with E-state index in [0.29, 0.717) is 35.9 Å². The van der Waals surface area contributed by atoms with Gasteiger partial charge in [0.25, 0.3) is 0 Å².